The number of carbonyl (C=O) groups excluding carboxylic acids is 2. The number of nitrogens with zero attached hydrogens (tertiary/aromatic N) is 2. The average molecular weight is 568 g/mol. The number of hydrogen-bond acceptors (Lipinski definition) is 4. The highest BCUT2D eigenvalue weighted by molar-refractivity contribution is 7.89. The molecule has 1 N–H and O–H groups in total. The van der Waals surface area contributed by atoms with Crippen LogP contribution in [0.25, 0.3) is 0 Å². The lowest BCUT2D eigenvalue weighted by molar-refractivity contribution is -0.141. The molecule has 0 bridgehead atoms. The maximum absolute atomic E-state index is 14.7. The average Bonchev–Trinajstić information content (AvgIpc) is 2.96. The van der Waals surface area contributed by atoms with Crippen molar-refractivity contribution >= 4 is 21.8 Å². The standard InChI is InChI=1S/C31H38FN3O4S/c1-3-4-21-33-31(37)29(23-25-14-7-5-8-15-25)35(24-26-16-11-12-19-28(26)32)30(36)20-13-22-34(2)40(38,39)27-17-9-6-10-18-27/h5-12,14-19,29H,3-4,13,20-24H2,1-2H3,(H,33,37)/t29-/m1/s1. The first kappa shape index (κ1) is 31.0. The summed E-state index contributed by atoms with van der Waals surface area (Å²) < 4.78 is 41.7. The van der Waals surface area contributed by atoms with Crippen LogP contribution in [-0.4, -0.2) is 55.6 Å². The molecular weight excluding hydrogens is 529 g/mol. The number of unbranched alkanes of at least 4 members (excludes halogenated alkanes) is 1. The Kier molecular flexibility index (Phi) is 11.8. The highest BCUT2D eigenvalue weighted by Crippen LogP contribution is 2.19. The molecular formula is C31H38FN3O4S. The van der Waals surface area contributed by atoms with Crippen molar-refractivity contribution in [3.05, 3.63) is 102 Å². The van der Waals surface area contributed by atoms with Crippen LogP contribution in [0.1, 0.15) is 43.7 Å². The number of nitrogens with one attached hydrogen (secondary N) is 1. The minimum absolute atomic E-state index is 0.00334. The molecule has 0 heterocycles. The molecule has 3 rings (SSSR count). The van der Waals surface area contributed by atoms with E-state index in [0.29, 0.717) is 12.1 Å². The van der Waals surface area contributed by atoms with Gasteiger partial charge in [-0.3, -0.25) is 9.59 Å². The second-order valence-electron chi connectivity index (χ2n) is 9.71. The number of halogens is 1. The number of sulfonamides is 1. The van der Waals surface area contributed by atoms with Crippen molar-refractivity contribution in [2.24, 2.45) is 0 Å². The van der Waals surface area contributed by atoms with Gasteiger partial charge in [0.25, 0.3) is 0 Å². The molecule has 0 saturated carbocycles. The van der Waals surface area contributed by atoms with E-state index in [0.717, 1.165) is 18.4 Å². The van der Waals surface area contributed by atoms with Crippen LogP contribution in [0.2, 0.25) is 0 Å². The summed E-state index contributed by atoms with van der Waals surface area (Å²) in [6, 6.07) is 22.8. The number of rotatable bonds is 15. The Morgan fingerprint density at radius 1 is 0.900 bits per heavy atom. The fourth-order valence-electron chi connectivity index (χ4n) is 4.36. The lowest BCUT2D eigenvalue weighted by Crippen LogP contribution is -2.50. The predicted molar refractivity (Wildman–Crippen MR) is 154 cm³/mol. The number of amides is 2. The molecule has 0 spiro atoms. The molecule has 0 aromatic heterocycles. The van der Waals surface area contributed by atoms with E-state index < -0.39 is 21.9 Å². The fourth-order valence-corrected chi connectivity index (χ4v) is 5.59. The molecule has 3 aromatic rings. The maximum Gasteiger partial charge on any atom is 0.243 e. The third-order valence-corrected chi connectivity index (χ3v) is 8.59. The van der Waals surface area contributed by atoms with Gasteiger partial charge in [0.1, 0.15) is 11.9 Å². The van der Waals surface area contributed by atoms with E-state index in [1.165, 1.54) is 34.5 Å². The quantitative estimate of drug-likeness (QED) is 0.268. The molecule has 0 aliphatic rings. The van der Waals surface area contributed by atoms with Crippen LogP contribution < -0.4 is 5.32 Å². The van der Waals surface area contributed by atoms with Gasteiger partial charge >= 0.3 is 0 Å². The Labute approximate surface area is 237 Å². The molecule has 7 nitrogen and oxygen atoms in total. The van der Waals surface area contributed by atoms with Crippen LogP contribution in [-0.2, 0) is 32.6 Å². The molecule has 0 fully saturated rings. The molecule has 0 aliphatic carbocycles. The Morgan fingerprint density at radius 2 is 1.52 bits per heavy atom. The van der Waals surface area contributed by atoms with Crippen molar-refractivity contribution in [1.82, 2.24) is 14.5 Å². The molecule has 214 valence electrons. The molecule has 1 atom stereocenters. The van der Waals surface area contributed by atoms with E-state index in [9.17, 15) is 22.4 Å². The van der Waals surface area contributed by atoms with Crippen LogP contribution in [0.4, 0.5) is 4.39 Å². The Hall–Kier alpha value is -3.56. The van der Waals surface area contributed by atoms with Gasteiger partial charge in [-0.05, 0) is 36.6 Å². The van der Waals surface area contributed by atoms with Gasteiger partial charge < -0.3 is 10.2 Å². The summed E-state index contributed by atoms with van der Waals surface area (Å²) in [5.41, 5.74) is 1.18. The van der Waals surface area contributed by atoms with Crippen molar-refractivity contribution in [3.63, 3.8) is 0 Å². The van der Waals surface area contributed by atoms with Gasteiger partial charge in [0.15, 0.2) is 0 Å². The SMILES string of the molecule is CCCCNC(=O)[C@@H](Cc1ccccc1)N(Cc1ccccc1F)C(=O)CCCN(C)S(=O)(=O)c1ccccc1. The first-order valence-electron chi connectivity index (χ1n) is 13.6. The zero-order valence-electron chi connectivity index (χ0n) is 23.1. The summed E-state index contributed by atoms with van der Waals surface area (Å²) in [5, 5.41) is 2.94. The van der Waals surface area contributed by atoms with Crippen molar-refractivity contribution < 1.29 is 22.4 Å². The summed E-state index contributed by atoms with van der Waals surface area (Å²) in [4.78, 5) is 28.7. The van der Waals surface area contributed by atoms with Crippen molar-refractivity contribution in [2.45, 2.75) is 56.5 Å². The first-order valence-corrected chi connectivity index (χ1v) is 15.0. The largest absolute Gasteiger partial charge is 0.354 e. The summed E-state index contributed by atoms with van der Waals surface area (Å²) in [6.07, 6.45) is 2.21. The van der Waals surface area contributed by atoms with Crippen LogP contribution in [0.15, 0.2) is 89.8 Å². The zero-order chi connectivity index (χ0) is 29.0. The van der Waals surface area contributed by atoms with Gasteiger partial charge in [0.2, 0.25) is 21.8 Å². The Balaban J connectivity index is 1.82. The molecule has 2 amide bonds. The topological polar surface area (TPSA) is 86.8 Å². The smallest absolute Gasteiger partial charge is 0.243 e. The minimum Gasteiger partial charge on any atom is -0.354 e. The molecule has 3 aromatic carbocycles. The molecule has 0 radical (unpaired) electrons. The molecule has 0 aliphatic heterocycles. The van der Waals surface area contributed by atoms with Gasteiger partial charge in [0.05, 0.1) is 4.90 Å². The summed E-state index contributed by atoms with van der Waals surface area (Å²) in [6.45, 7) is 2.53. The van der Waals surface area contributed by atoms with Crippen LogP contribution in [0.3, 0.4) is 0 Å². The highest BCUT2D eigenvalue weighted by Gasteiger charge is 2.31. The Bertz CT molecular complexity index is 1340. The van der Waals surface area contributed by atoms with E-state index in [4.69, 9.17) is 0 Å². The highest BCUT2D eigenvalue weighted by atomic mass is 32.2. The third-order valence-electron chi connectivity index (χ3n) is 6.71. The van der Waals surface area contributed by atoms with Crippen molar-refractivity contribution in [3.8, 4) is 0 Å². The maximum atomic E-state index is 14.7. The third kappa shape index (κ3) is 8.72. The molecule has 0 unspecified atom stereocenters. The van der Waals surface area contributed by atoms with Gasteiger partial charge in [-0.25, -0.2) is 17.1 Å². The van der Waals surface area contributed by atoms with Gasteiger partial charge in [-0.15, -0.1) is 0 Å². The van der Waals surface area contributed by atoms with Crippen LogP contribution >= 0.6 is 0 Å². The van der Waals surface area contributed by atoms with E-state index >= 15 is 0 Å². The number of hydrogen-bond donors (Lipinski definition) is 1. The number of benzene rings is 3. The predicted octanol–water partition coefficient (Wildman–Crippen LogP) is 4.78. The minimum atomic E-state index is -3.70. The second-order valence-corrected chi connectivity index (χ2v) is 11.8. The van der Waals surface area contributed by atoms with Gasteiger partial charge in [-0.1, -0.05) is 80.1 Å². The number of carbonyl (C=O) groups is 2. The lowest BCUT2D eigenvalue weighted by atomic mass is 10.0. The second kappa shape index (κ2) is 15.3. The van der Waals surface area contributed by atoms with Crippen molar-refractivity contribution in [1.29, 1.82) is 0 Å². The van der Waals surface area contributed by atoms with E-state index in [1.54, 1.807) is 36.4 Å². The molecule has 0 saturated heterocycles. The molecule has 9 heteroatoms. The summed E-state index contributed by atoms with van der Waals surface area (Å²) in [7, 11) is -2.22. The lowest BCUT2D eigenvalue weighted by Gasteiger charge is -2.32. The van der Waals surface area contributed by atoms with E-state index in [1.807, 2.05) is 37.3 Å². The fraction of sp³-hybridized carbons (Fsp3) is 0.355. The zero-order valence-corrected chi connectivity index (χ0v) is 23.9. The van der Waals surface area contributed by atoms with E-state index in [2.05, 4.69) is 5.32 Å². The molecule has 40 heavy (non-hydrogen) atoms. The van der Waals surface area contributed by atoms with E-state index in [-0.39, 0.29) is 49.1 Å². The first-order chi connectivity index (χ1) is 19.2. The normalized spacial score (nSPS) is 12.2. The van der Waals surface area contributed by atoms with Crippen molar-refractivity contribution in [2.75, 3.05) is 20.1 Å². The van der Waals surface area contributed by atoms with Gasteiger partial charge in [-0.2, -0.15) is 0 Å². The Morgan fingerprint density at radius 3 is 2.17 bits per heavy atom. The van der Waals surface area contributed by atoms with Crippen LogP contribution in [0.5, 0.6) is 0 Å². The monoisotopic (exact) mass is 567 g/mol. The summed E-state index contributed by atoms with van der Waals surface area (Å²) in [5.74, 6) is -1.11. The van der Waals surface area contributed by atoms with Gasteiger partial charge in [0, 0.05) is 45.1 Å². The summed E-state index contributed by atoms with van der Waals surface area (Å²) >= 11 is 0. The van der Waals surface area contributed by atoms with Crippen LogP contribution in [0, 0.1) is 5.82 Å².